The fourth-order valence-corrected chi connectivity index (χ4v) is 4.25. The SMILES string of the molecule is O=C(c1nc(-c2ccc(O)cc2)cc2[nH]ncc12)N1CCOC2(CCCNC2)C1. The second-order valence-electron chi connectivity index (χ2n) is 7.77. The quantitative estimate of drug-likeness (QED) is 0.615. The van der Waals surface area contributed by atoms with Crippen LogP contribution in [0.2, 0.25) is 0 Å². The van der Waals surface area contributed by atoms with Crippen LogP contribution < -0.4 is 5.32 Å². The van der Waals surface area contributed by atoms with E-state index >= 15 is 0 Å². The number of rotatable bonds is 2. The number of hydrogen-bond donors (Lipinski definition) is 3. The molecule has 0 bridgehead atoms. The van der Waals surface area contributed by atoms with E-state index in [1.807, 2.05) is 11.0 Å². The third kappa shape index (κ3) is 3.34. The number of H-pyrrole nitrogens is 1. The summed E-state index contributed by atoms with van der Waals surface area (Å²) < 4.78 is 6.08. The summed E-state index contributed by atoms with van der Waals surface area (Å²) in [5.41, 5.74) is 2.32. The van der Waals surface area contributed by atoms with E-state index in [2.05, 4.69) is 15.5 Å². The van der Waals surface area contributed by atoms with Gasteiger partial charge in [0.2, 0.25) is 0 Å². The average Bonchev–Trinajstić information content (AvgIpc) is 3.22. The monoisotopic (exact) mass is 393 g/mol. The summed E-state index contributed by atoms with van der Waals surface area (Å²) in [6.45, 7) is 3.39. The lowest BCUT2D eigenvalue weighted by atomic mass is 9.92. The minimum atomic E-state index is -0.309. The van der Waals surface area contributed by atoms with Crippen molar-refractivity contribution in [2.45, 2.75) is 18.4 Å². The third-order valence-electron chi connectivity index (χ3n) is 5.77. The molecule has 2 aromatic heterocycles. The summed E-state index contributed by atoms with van der Waals surface area (Å²) in [4.78, 5) is 20.0. The summed E-state index contributed by atoms with van der Waals surface area (Å²) in [6, 6.07) is 8.66. The molecule has 8 heteroatoms. The molecule has 8 nitrogen and oxygen atoms in total. The summed E-state index contributed by atoms with van der Waals surface area (Å²) in [6.07, 6.45) is 3.64. The zero-order valence-corrected chi connectivity index (χ0v) is 16.0. The molecule has 2 saturated heterocycles. The topological polar surface area (TPSA) is 103 Å². The zero-order chi connectivity index (χ0) is 19.8. The van der Waals surface area contributed by atoms with Gasteiger partial charge >= 0.3 is 0 Å². The van der Waals surface area contributed by atoms with Gasteiger partial charge in [-0.2, -0.15) is 5.10 Å². The normalized spacial score (nSPS) is 22.3. The highest BCUT2D eigenvalue weighted by Gasteiger charge is 2.40. The van der Waals surface area contributed by atoms with Crippen molar-refractivity contribution in [2.75, 3.05) is 32.8 Å². The third-order valence-corrected chi connectivity index (χ3v) is 5.77. The molecule has 1 spiro atoms. The van der Waals surface area contributed by atoms with Gasteiger partial charge < -0.3 is 20.1 Å². The second-order valence-corrected chi connectivity index (χ2v) is 7.77. The molecule has 1 amide bonds. The number of nitrogens with one attached hydrogen (secondary N) is 2. The average molecular weight is 393 g/mol. The number of aromatic hydroxyl groups is 1. The second kappa shape index (κ2) is 7.13. The zero-order valence-electron chi connectivity index (χ0n) is 16.0. The molecule has 4 heterocycles. The van der Waals surface area contributed by atoms with Crippen molar-refractivity contribution < 1.29 is 14.6 Å². The predicted molar refractivity (Wildman–Crippen MR) is 108 cm³/mol. The van der Waals surface area contributed by atoms with E-state index in [4.69, 9.17) is 9.72 Å². The van der Waals surface area contributed by atoms with Gasteiger partial charge in [0.15, 0.2) is 0 Å². The number of ether oxygens (including phenoxy) is 1. The van der Waals surface area contributed by atoms with Gasteiger partial charge in [-0.3, -0.25) is 9.89 Å². The maximum atomic E-state index is 13.5. The molecule has 5 rings (SSSR count). The molecule has 1 atom stereocenters. The summed E-state index contributed by atoms with van der Waals surface area (Å²) in [7, 11) is 0. The first kappa shape index (κ1) is 18.1. The Morgan fingerprint density at radius 2 is 2.14 bits per heavy atom. The van der Waals surface area contributed by atoms with Crippen molar-refractivity contribution in [3.8, 4) is 17.0 Å². The van der Waals surface area contributed by atoms with Crippen LogP contribution >= 0.6 is 0 Å². The number of fused-ring (bicyclic) bond motifs is 1. The van der Waals surface area contributed by atoms with Crippen molar-refractivity contribution in [1.82, 2.24) is 25.4 Å². The lowest BCUT2D eigenvalue weighted by Gasteiger charge is -2.45. The van der Waals surface area contributed by atoms with Crippen molar-refractivity contribution >= 4 is 16.8 Å². The Balaban J connectivity index is 1.51. The number of amides is 1. The molecule has 2 aliphatic rings. The van der Waals surface area contributed by atoms with Gasteiger partial charge in [-0.05, 0) is 49.7 Å². The molecule has 3 aromatic rings. The fourth-order valence-electron chi connectivity index (χ4n) is 4.25. The van der Waals surface area contributed by atoms with E-state index in [0.717, 1.165) is 37.0 Å². The van der Waals surface area contributed by atoms with Gasteiger partial charge in [-0.1, -0.05) is 0 Å². The molecule has 150 valence electrons. The summed E-state index contributed by atoms with van der Waals surface area (Å²) in [5, 5.41) is 20.7. The minimum Gasteiger partial charge on any atom is -0.508 e. The molecule has 2 fully saturated rings. The first-order valence-electron chi connectivity index (χ1n) is 9.91. The molecule has 29 heavy (non-hydrogen) atoms. The number of phenolic OH excluding ortho intramolecular Hbond substituents is 1. The molecule has 1 unspecified atom stereocenters. The van der Waals surface area contributed by atoms with Crippen LogP contribution in [0.5, 0.6) is 5.75 Å². The number of aromatic amines is 1. The Morgan fingerprint density at radius 3 is 2.93 bits per heavy atom. The van der Waals surface area contributed by atoms with Crippen LogP contribution in [0, 0.1) is 0 Å². The number of hydrogen-bond acceptors (Lipinski definition) is 6. The fraction of sp³-hybridized carbons (Fsp3) is 0.381. The standard InChI is InChI=1S/C21H23N5O3/c27-15-4-2-14(3-5-15)17-10-18-16(11-23-25-18)19(24-17)20(28)26-8-9-29-21(13-26)6-1-7-22-12-21/h2-5,10-11,22,27H,1,6-9,12-13H2,(H,23,25). The Labute approximate surface area is 167 Å². The van der Waals surface area contributed by atoms with Gasteiger partial charge in [-0.25, -0.2) is 4.98 Å². The van der Waals surface area contributed by atoms with Crippen LogP contribution in [-0.4, -0.2) is 69.5 Å². The number of nitrogens with zero attached hydrogens (tertiary/aromatic N) is 3. The molecule has 2 aliphatic heterocycles. The van der Waals surface area contributed by atoms with Crippen LogP contribution in [0.4, 0.5) is 0 Å². The predicted octanol–water partition coefficient (Wildman–Crippen LogP) is 1.93. The Morgan fingerprint density at radius 1 is 1.28 bits per heavy atom. The summed E-state index contributed by atoms with van der Waals surface area (Å²) in [5.74, 6) is 0.0812. The Hall–Kier alpha value is -2.97. The maximum absolute atomic E-state index is 13.5. The minimum absolute atomic E-state index is 0.106. The number of morpholine rings is 1. The van der Waals surface area contributed by atoms with Gasteiger partial charge in [0.25, 0.3) is 5.91 Å². The van der Waals surface area contributed by atoms with Crippen LogP contribution in [0.1, 0.15) is 23.3 Å². The largest absolute Gasteiger partial charge is 0.508 e. The number of benzene rings is 1. The summed E-state index contributed by atoms with van der Waals surface area (Å²) >= 11 is 0. The van der Waals surface area contributed by atoms with Crippen molar-refractivity contribution in [2.24, 2.45) is 0 Å². The van der Waals surface area contributed by atoms with E-state index in [1.165, 1.54) is 0 Å². The maximum Gasteiger partial charge on any atom is 0.273 e. The van der Waals surface area contributed by atoms with E-state index in [9.17, 15) is 9.90 Å². The smallest absolute Gasteiger partial charge is 0.273 e. The highest BCUT2D eigenvalue weighted by molar-refractivity contribution is 6.05. The molecule has 1 aromatic carbocycles. The van der Waals surface area contributed by atoms with Gasteiger partial charge in [0.1, 0.15) is 11.4 Å². The molecule has 0 radical (unpaired) electrons. The molecular formula is C21H23N5O3. The van der Waals surface area contributed by atoms with Crippen molar-refractivity contribution in [3.63, 3.8) is 0 Å². The lowest BCUT2D eigenvalue weighted by molar-refractivity contribution is -0.109. The molecule has 0 saturated carbocycles. The highest BCUT2D eigenvalue weighted by Crippen LogP contribution is 2.29. The molecule has 3 N–H and O–H groups in total. The van der Waals surface area contributed by atoms with Crippen LogP contribution in [0.3, 0.4) is 0 Å². The number of phenols is 1. The van der Waals surface area contributed by atoms with E-state index in [1.54, 1.807) is 30.5 Å². The number of pyridine rings is 1. The molecule has 0 aliphatic carbocycles. The van der Waals surface area contributed by atoms with Crippen molar-refractivity contribution in [3.05, 3.63) is 42.2 Å². The van der Waals surface area contributed by atoms with Gasteiger partial charge in [-0.15, -0.1) is 0 Å². The Kier molecular flexibility index (Phi) is 4.44. The lowest BCUT2D eigenvalue weighted by Crippen LogP contribution is -2.60. The van der Waals surface area contributed by atoms with E-state index < -0.39 is 0 Å². The first-order valence-corrected chi connectivity index (χ1v) is 9.91. The van der Waals surface area contributed by atoms with Crippen LogP contribution in [0.25, 0.3) is 22.2 Å². The number of carbonyl (C=O) groups excluding carboxylic acids is 1. The van der Waals surface area contributed by atoms with E-state index in [-0.39, 0.29) is 17.3 Å². The van der Waals surface area contributed by atoms with Crippen LogP contribution in [-0.2, 0) is 4.74 Å². The van der Waals surface area contributed by atoms with Crippen molar-refractivity contribution in [1.29, 1.82) is 0 Å². The molecular weight excluding hydrogens is 370 g/mol. The number of piperidine rings is 1. The number of aromatic nitrogens is 3. The van der Waals surface area contributed by atoms with Gasteiger partial charge in [0, 0.05) is 18.7 Å². The number of carbonyl (C=O) groups is 1. The van der Waals surface area contributed by atoms with E-state index in [0.29, 0.717) is 36.5 Å². The first-order chi connectivity index (χ1) is 14.1. The Bertz CT molecular complexity index is 1030. The van der Waals surface area contributed by atoms with Gasteiger partial charge in [0.05, 0.1) is 41.5 Å². The highest BCUT2D eigenvalue weighted by atomic mass is 16.5. The van der Waals surface area contributed by atoms with Crippen LogP contribution in [0.15, 0.2) is 36.5 Å².